The van der Waals surface area contributed by atoms with E-state index >= 15 is 0 Å². The summed E-state index contributed by atoms with van der Waals surface area (Å²) in [6, 6.07) is 0. The Morgan fingerprint density at radius 3 is 3.10 bits per heavy atom. The zero-order valence-electron chi connectivity index (χ0n) is 6.30. The number of hydrogen-bond donors (Lipinski definition) is 0. The molecule has 0 aromatic heterocycles. The first-order valence-electron chi connectivity index (χ1n) is 3.52. The van der Waals surface area contributed by atoms with E-state index in [0.717, 1.165) is 18.7 Å². The Balaban J connectivity index is 2.56. The lowest BCUT2D eigenvalue weighted by atomic mass is 10.3. The first-order valence-corrected chi connectivity index (χ1v) is 3.86. The molecule has 0 fully saturated rings. The van der Waals surface area contributed by atoms with Crippen LogP contribution in [0.3, 0.4) is 0 Å². The molecular weight excluding hydrogens is 150 g/mol. The monoisotopic (exact) mass is 161 g/mol. The summed E-state index contributed by atoms with van der Waals surface area (Å²) in [6.45, 7) is 4.83. The van der Waals surface area contributed by atoms with Crippen molar-refractivity contribution in [2.45, 2.75) is 26.4 Å². The fourth-order valence-corrected chi connectivity index (χ4v) is 1.26. The lowest BCUT2D eigenvalue weighted by Crippen LogP contribution is -2.26. The van der Waals surface area contributed by atoms with E-state index in [0.29, 0.717) is 0 Å². The predicted octanol–water partition coefficient (Wildman–Crippen LogP) is 2.11. The molecule has 0 saturated heterocycles. The van der Waals surface area contributed by atoms with E-state index in [1.807, 2.05) is 13.1 Å². The molecule has 1 unspecified atom stereocenters. The van der Waals surface area contributed by atoms with Gasteiger partial charge in [-0.1, -0.05) is 6.92 Å². The van der Waals surface area contributed by atoms with Gasteiger partial charge in [-0.2, -0.15) is 0 Å². The van der Waals surface area contributed by atoms with Gasteiger partial charge in [0.1, 0.15) is 11.9 Å². The van der Waals surface area contributed by atoms with E-state index in [4.69, 9.17) is 16.5 Å². The summed E-state index contributed by atoms with van der Waals surface area (Å²) < 4.78 is 7.09. The van der Waals surface area contributed by atoms with Gasteiger partial charge >= 0.3 is 0 Å². The van der Waals surface area contributed by atoms with Crippen LogP contribution < -0.4 is 0 Å². The average molecular weight is 162 g/mol. The van der Waals surface area contributed by atoms with Crippen molar-refractivity contribution in [3.63, 3.8) is 0 Å². The number of rotatable bonds is 1. The Hall–Kier alpha value is -0.370. The van der Waals surface area contributed by atoms with Gasteiger partial charge < -0.3 is 4.74 Å². The van der Waals surface area contributed by atoms with Crippen molar-refractivity contribution in [3.8, 4) is 0 Å². The zero-order chi connectivity index (χ0) is 7.56. The molecule has 58 valence electrons. The van der Waals surface area contributed by atoms with Crippen LogP contribution in [0.1, 0.15) is 20.3 Å². The van der Waals surface area contributed by atoms with Crippen LogP contribution in [0, 0.1) is 0 Å². The summed E-state index contributed by atoms with van der Waals surface area (Å²) in [5.41, 5.74) is 0. The number of halogens is 1. The summed E-state index contributed by atoms with van der Waals surface area (Å²) in [5, 5.41) is 0. The maximum Gasteiger partial charge on any atom is 0.114 e. The van der Waals surface area contributed by atoms with Crippen LogP contribution >= 0.6 is 11.8 Å². The third-order valence-electron chi connectivity index (χ3n) is 1.42. The highest BCUT2D eigenvalue weighted by molar-refractivity contribution is 6.14. The lowest BCUT2D eigenvalue weighted by molar-refractivity contribution is 0.0912. The molecule has 1 aliphatic heterocycles. The summed E-state index contributed by atoms with van der Waals surface area (Å²) in [7, 11) is 0. The van der Waals surface area contributed by atoms with Crippen molar-refractivity contribution in [2.75, 3.05) is 6.54 Å². The molecule has 0 bridgehead atoms. The Morgan fingerprint density at radius 2 is 2.60 bits per heavy atom. The van der Waals surface area contributed by atoms with Gasteiger partial charge in [0, 0.05) is 18.2 Å². The molecule has 0 aromatic rings. The van der Waals surface area contributed by atoms with Crippen LogP contribution in [0.2, 0.25) is 0 Å². The maximum atomic E-state index is 5.76. The molecule has 10 heavy (non-hydrogen) atoms. The molecule has 1 aliphatic rings. The van der Waals surface area contributed by atoms with Crippen molar-refractivity contribution in [1.29, 1.82) is 0 Å². The normalized spacial score (nSPS) is 25.7. The number of allylic oxidation sites excluding steroid dienone is 1. The van der Waals surface area contributed by atoms with Crippen LogP contribution in [0.5, 0.6) is 0 Å². The molecule has 3 heteroatoms. The molecule has 0 aliphatic carbocycles. The van der Waals surface area contributed by atoms with Crippen LogP contribution in [0.15, 0.2) is 12.0 Å². The van der Waals surface area contributed by atoms with E-state index in [9.17, 15) is 0 Å². The van der Waals surface area contributed by atoms with Gasteiger partial charge in [-0.25, -0.2) is 0 Å². The highest BCUT2D eigenvalue weighted by Gasteiger charge is 2.14. The Kier molecular flexibility index (Phi) is 2.44. The van der Waals surface area contributed by atoms with Crippen molar-refractivity contribution in [1.82, 2.24) is 4.42 Å². The average Bonchev–Trinajstić information content (AvgIpc) is 1.85. The van der Waals surface area contributed by atoms with E-state index < -0.39 is 0 Å². The fourth-order valence-electron chi connectivity index (χ4n) is 0.955. The van der Waals surface area contributed by atoms with Crippen LogP contribution in [-0.4, -0.2) is 17.1 Å². The molecule has 1 atom stereocenters. The Bertz CT molecular complexity index is 147. The standard InChI is InChI=1S/C7H12ClNO/c1-3-7-5-9(8)4-6(2)10-7/h5-6H,3-4H2,1-2H3. The molecule has 1 heterocycles. The maximum absolute atomic E-state index is 5.76. The molecule has 0 spiro atoms. The third kappa shape index (κ3) is 1.81. The first-order chi connectivity index (χ1) is 4.72. The number of nitrogens with zero attached hydrogens (tertiary/aromatic N) is 1. The third-order valence-corrected chi connectivity index (χ3v) is 1.65. The topological polar surface area (TPSA) is 12.5 Å². The van der Waals surface area contributed by atoms with Crippen molar-refractivity contribution in [2.24, 2.45) is 0 Å². The van der Waals surface area contributed by atoms with Crippen molar-refractivity contribution < 1.29 is 4.74 Å². The number of hydrogen-bond acceptors (Lipinski definition) is 2. The van der Waals surface area contributed by atoms with E-state index in [-0.39, 0.29) is 6.10 Å². The Morgan fingerprint density at radius 1 is 1.90 bits per heavy atom. The van der Waals surface area contributed by atoms with Gasteiger partial charge in [0.05, 0.1) is 12.7 Å². The number of ether oxygens (including phenoxy) is 1. The second-order valence-electron chi connectivity index (χ2n) is 2.46. The van der Waals surface area contributed by atoms with E-state index in [1.165, 1.54) is 0 Å². The molecule has 1 rings (SSSR count). The van der Waals surface area contributed by atoms with Gasteiger partial charge in [0.2, 0.25) is 0 Å². The molecule has 0 aromatic carbocycles. The molecule has 0 amide bonds. The van der Waals surface area contributed by atoms with Crippen molar-refractivity contribution >= 4 is 11.8 Å². The van der Waals surface area contributed by atoms with Crippen LogP contribution in [0.25, 0.3) is 0 Å². The zero-order valence-corrected chi connectivity index (χ0v) is 7.06. The Labute approximate surface area is 66.5 Å². The minimum atomic E-state index is 0.220. The second kappa shape index (κ2) is 3.15. The van der Waals surface area contributed by atoms with Crippen molar-refractivity contribution in [3.05, 3.63) is 12.0 Å². The first kappa shape index (κ1) is 7.73. The minimum Gasteiger partial charge on any atom is -0.492 e. The predicted molar refractivity (Wildman–Crippen MR) is 41.5 cm³/mol. The second-order valence-corrected chi connectivity index (χ2v) is 2.89. The van der Waals surface area contributed by atoms with Gasteiger partial charge in [-0.05, 0) is 6.92 Å². The highest BCUT2D eigenvalue weighted by atomic mass is 35.5. The molecule has 0 N–H and O–H groups in total. The largest absolute Gasteiger partial charge is 0.492 e. The molecule has 0 saturated carbocycles. The quantitative estimate of drug-likeness (QED) is 0.547. The summed E-state index contributed by atoms with van der Waals surface area (Å²) >= 11 is 5.76. The molecular formula is C7H12ClNO. The molecule has 0 radical (unpaired) electrons. The van der Waals surface area contributed by atoms with Crippen LogP contribution in [-0.2, 0) is 4.74 Å². The van der Waals surface area contributed by atoms with E-state index in [2.05, 4.69) is 6.92 Å². The van der Waals surface area contributed by atoms with Gasteiger partial charge in [-0.3, -0.25) is 4.42 Å². The van der Waals surface area contributed by atoms with Gasteiger partial charge in [0.15, 0.2) is 0 Å². The molecule has 2 nitrogen and oxygen atoms in total. The van der Waals surface area contributed by atoms with Gasteiger partial charge in [-0.15, -0.1) is 0 Å². The summed E-state index contributed by atoms with van der Waals surface area (Å²) in [5.74, 6) is 0.966. The summed E-state index contributed by atoms with van der Waals surface area (Å²) in [6.07, 6.45) is 2.97. The minimum absolute atomic E-state index is 0.220. The highest BCUT2D eigenvalue weighted by Crippen LogP contribution is 2.16. The summed E-state index contributed by atoms with van der Waals surface area (Å²) in [4.78, 5) is 0. The fraction of sp³-hybridized carbons (Fsp3) is 0.714. The van der Waals surface area contributed by atoms with Gasteiger partial charge in [0.25, 0.3) is 0 Å². The van der Waals surface area contributed by atoms with E-state index in [1.54, 1.807) is 4.42 Å². The van der Waals surface area contributed by atoms with Crippen LogP contribution in [0.4, 0.5) is 0 Å². The smallest absolute Gasteiger partial charge is 0.114 e. The SMILES string of the molecule is CCC1=CN(Cl)CC(C)O1. The lowest BCUT2D eigenvalue weighted by Gasteiger charge is -2.26.